The number of aromatic nitrogens is 4. The van der Waals surface area contributed by atoms with Crippen molar-refractivity contribution < 1.29 is 8.78 Å². The van der Waals surface area contributed by atoms with Crippen LogP contribution in [0.4, 0.5) is 14.6 Å². The van der Waals surface area contributed by atoms with E-state index in [2.05, 4.69) is 31.8 Å². The molecule has 0 bridgehead atoms. The van der Waals surface area contributed by atoms with Crippen molar-refractivity contribution in [3.8, 4) is 11.4 Å². The van der Waals surface area contributed by atoms with Crippen LogP contribution in [0.3, 0.4) is 0 Å². The molecule has 0 aromatic carbocycles. The second kappa shape index (κ2) is 11.0. The van der Waals surface area contributed by atoms with Gasteiger partial charge in [0.25, 0.3) is 6.43 Å². The number of thioether (sulfide) groups is 1. The normalized spacial score (nSPS) is 19.3. The van der Waals surface area contributed by atoms with Crippen LogP contribution in [0, 0.1) is 5.41 Å². The predicted octanol–water partition coefficient (Wildman–Crippen LogP) is 3.46. The second-order valence-corrected chi connectivity index (χ2v) is 7.60. The van der Waals surface area contributed by atoms with E-state index in [1.807, 2.05) is 18.6 Å². The van der Waals surface area contributed by atoms with Crippen LogP contribution in [0.2, 0.25) is 0 Å². The molecule has 1 aliphatic heterocycles. The number of nitrogens with zero attached hydrogens (tertiary/aromatic N) is 4. The quantitative estimate of drug-likeness (QED) is 0.636. The van der Waals surface area contributed by atoms with Crippen molar-refractivity contribution in [1.29, 1.82) is 5.41 Å². The van der Waals surface area contributed by atoms with Crippen LogP contribution in [-0.2, 0) is 0 Å². The maximum absolute atomic E-state index is 12.3. The number of hydrogen-bond donors (Lipinski definition) is 3. The first kappa shape index (κ1) is 23.0. The highest BCUT2D eigenvalue weighted by Crippen LogP contribution is 2.25. The van der Waals surface area contributed by atoms with E-state index in [1.54, 1.807) is 18.0 Å². The van der Waals surface area contributed by atoms with Crippen LogP contribution < -0.4 is 10.6 Å². The summed E-state index contributed by atoms with van der Waals surface area (Å²) in [4.78, 5) is 17.9. The van der Waals surface area contributed by atoms with Crippen LogP contribution in [0.1, 0.15) is 25.6 Å². The zero-order chi connectivity index (χ0) is 21.4. The van der Waals surface area contributed by atoms with E-state index in [0.717, 1.165) is 31.3 Å². The number of alkyl halides is 2. The molecule has 0 amide bonds. The molecule has 3 heterocycles. The molecule has 3 rings (SSSR count). The molecular weight excluding hydrogens is 396 g/mol. The first-order valence-corrected chi connectivity index (χ1v) is 10.8. The molecule has 1 aliphatic rings. The van der Waals surface area contributed by atoms with Gasteiger partial charge in [0.05, 0.1) is 23.3 Å². The summed E-state index contributed by atoms with van der Waals surface area (Å²) in [5.41, 5.74) is 6.61. The van der Waals surface area contributed by atoms with Crippen molar-refractivity contribution in [3.05, 3.63) is 30.5 Å². The third-order valence-electron chi connectivity index (χ3n) is 4.39. The van der Waals surface area contributed by atoms with Crippen LogP contribution in [0.5, 0.6) is 0 Å². The number of aromatic amines is 1. The minimum absolute atomic E-state index is 0.124. The number of piperidine rings is 1. The van der Waals surface area contributed by atoms with Crippen molar-refractivity contribution in [2.45, 2.75) is 38.3 Å². The molecule has 158 valence electrons. The Morgan fingerprint density at radius 3 is 2.76 bits per heavy atom. The van der Waals surface area contributed by atoms with Crippen molar-refractivity contribution in [1.82, 2.24) is 19.9 Å². The Labute approximate surface area is 173 Å². The Balaban J connectivity index is 0.000000941. The van der Waals surface area contributed by atoms with E-state index in [0.29, 0.717) is 23.3 Å². The lowest BCUT2D eigenvalue weighted by molar-refractivity contribution is 0.226. The Morgan fingerprint density at radius 1 is 1.34 bits per heavy atom. The number of hydrogen-bond acceptors (Lipinski definition) is 7. The van der Waals surface area contributed by atoms with E-state index in [9.17, 15) is 8.78 Å². The molecule has 0 aliphatic carbocycles. The fourth-order valence-corrected chi connectivity index (χ4v) is 2.90. The fourth-order valence-electron chi connectivity index (χ4n) is 2.90. The summed E-state index contributed by atoms with van der Waals surface area (Å²) in [7, 11) is 0. The van der Waals surface area contributed by atoms with Gasteiger partial charge in [-0.15, -0.1) is 0 Å². The van der Waals surface area contributed by atoms with Gasteiger partial charge in [0.2, 0.25) is 0 Å². The molecule has 7 nitrogen and oxygen atoms in total. The van der Waals surface area contributed by atoms with Gasteiger partial charge in [0.1, 0.15) is 18.0 Å². The zero-order valence-corrected chi connectivity index (χ0v) is 17.6. The van der Waals surface area contributed by atoms with Gasteiger partial charge in [-0.05, 0) is 44.4 Å². The molecule has 29 heavy (non-hydrogen) atoms. The average molecular weight is 424 g/mol. The van der Waals surface area contributed by atoms with Gasteiger partial charge in [0.15, 0.2) is 0 Å². The van der Waals surface area contributed by atoms with Crippen molar-refractivity contribution in [2.24, 2.45) is 5.73 Å². The van der Waals surface area contributed by atoms with Crippen LogP contribution >= 0.6 is 11.8 Å². The molecular formula is C19H27F2N7S. The molecule has 2 aromatic rings. The van der Waals surface area contributed by atoms with Gasteiger partial charge in [0, 0.05) is 24.7 Å². The SMILES string of the molecule is CC1CCC(N)CN1c1cc(-c2cnc(/C=C\C(=N)C(F)F)[nH]2)ncn1.CSC. The first-order valence-electron chi connectivity index (χ1n) is 9.20. The van der Waals surface area contributed by atoms with E-state index in [4.69, 9.17) is 11.1 Å². The van der Waals surface area contributed by atoms with E-state index >= 15 is 0 Å². The summed E-state index contributed by atoms with van der Waals surface area (Å²) in [5.74, 6) is 1.17. The van der Waals surface area contributed by atoms with Gasteiger partial charge in [-0.3, -0.25) is 5.41 Å². The van der Waals surface area contributed by atoms with Gasteiger partial charge < -0.3 is 15.6 Å². The summed E-state index contributed by atoms with van der Waals surface area (Å²) < 4.78 is 24.7. The Hall–Kier alpha value is -2.33. The molecule has 2 atom stereocenters. The van der Waals surface area contributed by atoms with Crippen molar-refractivity contribution in [3.63, 3.8) is 0 Å². The average Bonchev–Trinajstić information content (AvgIpc) is 3.17. The standard InChI is InChI=1S/C17H21F2N7.C2H6S/c1-10-2-3-11(20)8-26(10)16-6-13(23-9-24-16)14-7-22-15(25-14)5-4-12(21)17(18)19;1-3-2/h4-7,9-11,17,21H,2-3,8,20H2,1H3,(H,22,25);1-2H3/b5-4-,21-12?;. The summed E-state index contributed by atoms with van der Waals surface area (Å²) in [6.45, 7) is 2.88. The van der Waals surface area contributed by atoms with Gasteiger partial charge in [-0.25, -0.2) is 23.7 Å². The molecule has 0 saturated carbocycles. The number of anilines is 1. The topological polar surface area (TPSA) is 108 Å². The van der Waals surface area contributed by atoms with Crippen molar-refractivity contribution >= 4 is 29.4 Å². The number of allylic oxidation sites excluding steroid dienone is 1. The molecule has 0 spiro atoms. The molecule has 0 radical (unpaired) electrons. The summed E-state index contributed by atoms with van der Waals surface area (Å²) in [6, 6.07) is 2.33. The predicted molar refractivity (Wildman–Crippen MR) is 116 cm³/mol. The number of nitrogens with one attached hydrogen (secondary N) is 2. The number of nitrogens with two attached hydrogens (primary N) is 1. The number of rotatable bonds is 5. The van der Waals surface area contributed by atoms with E-state index in [-0.39, 0.29) is 6.04 Å². The Kier molecular flexibility index (Phi) is 8.71. The molecule has 2 unspecified atom stereocenters. The fraction of sp³-hybridized carbons (Fsp3) is 0.474. The van der Waals surface area contributed by atoms with Gasteiger partial charge in [-0.2, -0.15) is 11.8 Å². The zero-order valence-electron chi connectivity index (χ0n) is 16.8. The van der Waals surface area contributed by atoms with E-state index in [1.165, 1.54) is 12.4 Å². The molecule has 10 heteroatoms. The van der Waals surface area contributed by atoms with Crippen LogP contribution in [0.15, 0.2) is 24.7 Å². The number of H-pyrrole nitrogens is 1. The molecule has 2 aromatic heterocycles. The highest BCUT2D eigenvalue weighted by Gasteiger charge is 2.24. The van der Waals surface area contributed by atoms with Crippen LogP contribution in [-0.4, -0.2) is 63.2 Å². The Morgan fingerprint density at radius 2 is 2.07 bits per heavy atom. The second-order valence-electron chi connectivity index (χ2n) is 6.78. The third kappa shape index (κ3) is 6.60. The Bertz CT molecular complexity index is 824. The summed E-state index contributed by atoms with van der Waals surface area (Å²) in [5, 5.41) is 7.13. The molecule has 1 fully saturated rings. The maximum Gasteiger partial charge on any atom is 0.279 e. The minimum atomic E-state index is -2.80. The first-order chi connectivity index (χ1) is 13.8. The van der Waals surface area contributed by atoms with Crippen LogP contribution in [0.25, 0.3) is 17.5 Å². The maximum atomic E-state index is 12.3. The molecule has 4 N–H and O–H groups in total. The van der Waals surface area contributed by atoms with E-state index < -0.39 is 12.1 Å². The highest BCUT2D eigenvalue weighted by atomic mass is 32.2. The smallest absolute Gasteiger partial charge is 0.279 e. The summed E-state index contributed by atoms with van der Waals surface area (Å²) in [6.07, 6.45) is 8.71. The minimum Gasteiger partial charge on any atom is -0.352 e. The lowest BCUT2D eigenvalue weighted by atomic mass is 10.00. The monoisotopic (exact) mass is 423 g/mol. The highest BCUT2D eigenvalue weighted by molar-refractivity contribution is 7.97. The van der Waals surface area contributed by atoms with Crippen molar-refractivity contribution in [2.75, 3.05) is 24.0 Å². The lowest BCUT2D eigenvalue weighted by Gasteiger charge is -2.37. The van der Waals surface area contributed by atoms with Gasteiger partial charge >= 0.3 is 0 Å². The molecule has 1 saturated heterocycles. The number of halogens is 2. The summed E-state index contributed by atoms with van der Waals surface area (Å²) >= 11 is 1.75. The number of imidazole rings is 1. The third-order valence-corrected chi connectivity index (χ3v) is 4.39. The largest absolute Gasteiger partial charge is 0.352 e. The lowest BCUT2D eigenvalue weighted by Crippen LogP contribution is -2.48. The van der Waals surface area contributed by atoms with Gasteiger partial charge in [-0.1, -0.05) is 0 Å².